The molecule has 0 saturated carbocycles. The fraction of sp³-hybridized carbons (Fsp3) is 0. The molecule has 1 aromatic carbocycles. The summed E-state index contributed by atoms with van der Waals surface area (Å²) >= 11 is 11.4. The number of nitrogens with one attached hydrogen (secondary N) is 1. The fourth-order valence-corrected chi connectivity index (χ4v) is 1.46. The molecule has 5 heteroatoms. The Labute approximate surface area is 103 Å². The minimum atomic E-state index is -0.248. The molecule has 2 rings (SSSR count). The number of hydrogen-bond acceptors (Lipinski definition) is 2. The van der Waals surface area contributed by atoms with Crippen LogP contribution >= 0.6 is 23.2 Å². The number of pyridine rings is 1. The number of hydrogen-bond donors (Lipinski definition) is 1. The zero-order valence-corrected chi connectivity index (χ0v) is 9.59. The number of rotatable bonds is 2. The summed E-state index contributed by atoms with van der Waals surface area (Å²) in [7, 11) is 0. The van der Waals surface area contributed by atoms with E-state index in [-0.39, 0.29) is 11.6 Å². The molecular weight excluding hydrogens is 247 g/mol. The van der Waals surface area contributed by atoms with Crippen molar-refractivity contribution in [3.8, 4) is 5.75 Å². The molecule has 16 heavy (non-hydrogen) atoms. The van der Waals surface area contributed by atoms with Gasteiger partial charge in [-0.05, 0) is 24.3 Å². The zero-order valence-electron chi connectivity index (χ0n) is 8.08. The second-order valence-electron chi connectivity index (χ2n) is 3.13. The molecule has 0 aliphatic carbocycles. The zero-order chi connectivity index (χ0) is 11.5. The Kier molecular flexibility index (Phi) is 3.17. The number of aromatic nitrogens is 1. The topological polar surface area (TPSA) is 44.8 Å². The van der Waals surface area contributed by atoms with Gasteiger partial charge in [0.1, 0.15) is 0 Å². The molecule has 2 aromatic rings. The van der Waals surface area contributed by atoms with Gasteiger partial charge in [-0.2, -0.15) is 0 Å². The van der Waals surface area contributed by atoms with Crippen molar-refractivity contribution in [2.24, 2.45) is 0 Å². The largest absolute Gasteiger partial charge is 0.337 e. The maximum Gasteiger partial charge on any atom is 0.222 e. The normalized spacial score (nSPS) is 10.1. The first-order chi connectivity index (χ1) is 7.65. The molecule has 81 valence electrons. The lowest BCUT2D eigenvalue weighted by Crippen LogP contribution is -1.92. The van der Waals surface area contributed by atoms with E-state index in [4.69, 9.17) is 23.2 Å². The van der Waals surface area contributed by atoms with E-state index in [0.717, 1.165) is 5.69 Å². The molecule has 1 heterocycles. The summed E-state index contributed by atoms with van der Waals surface area (Å²) in [4.78, 5) is 3.91. The van der Waals surface area contributed by atoms with E-state index in [2.05, 4.69) is 10.3 Å². The highest BCUT2D eigenvalue weighted by molar-refractivity contribution is 6.31. The third-order valence-electron chi connectivity index (χ3n) is 1.93. The quantitative estimate of drug-likeness (QED) is 0.869. The van der Waals surface area contributed by atoms with Gasteiger partial charge in [0.2, 0.25) is 5.75 Å². The SMILES string of the molecule is [O]c1cc(Cl)cnc1Nc1ccc(Cl)cc1. The van der Waals surface area contributed by atoms with Crippen molar-refractivity contribution in [1.82, 2.24) is 4.98 Å². The average molecular weight is 254 g/mol. The third-order valence-corrected chi connectivity index (χ3v) is 2.38. The molecular formula is C11H7Cl2N2O. The van der Waals surface area contributed by atoms with Crippen molar-refractivity contribution in [2.45, 2.75) is 0 Å². The van der Waals surface area contributed by atoms with E-state index < -0.39 is 0 Å². The van der Waals surface area contributed by atoms with Crippen LogP contribution in [0.5, 0.6) is 5.75 Å². The van der Waals surface area contributed by atoms with E-state index in [1.165, 1.54) is 12.3 Å². The summed E-state index contributed by atoms with van der Waals surface area (Å²) in [5.74, 6) is -0.00540. The second kappa shape index (κ2) is 4.60. The Morgan fingerprint density at radius 2 is 1.75 bits per heavy atom. The molecule has 0 bridgehead atoms. The van der Waals surface area contributed by atoms with E-state index in [1.807, 2.05) is 0 Å². The van der Waals surface area contributed by atoms with Gasteiger partial charge in [0.25, 0.3) is 0 Å². The van der Waals surface area contributed by atoms with Crippen LogP contribution in [0.1, 0.15) is 0 Å². The smallest absolute Gasteiger partial charge is 0.222 e. The molecule has 0 saturated heterocycles. The summed E-state index contributed by atoms with van der Waals surface area (Å²) in [5.41, 5.74) is 0.747. The van der Waals surface area contributed by atoms with E-state index in [1.54, 1.807) is 24.3 Å². The Balaban J connectivity index is 2.23. The number of anilines is 2. The van der Waals surface area contributed by atoms with E-state index in [0.29, 0.717) is 10.0 Å². The van der Waals surface area contributed by atoms with Crippen LogP contribution in [-0.2, 0) is 5.11 Å². The lowest BCUT2D eigenvalue weighted by molar-refractivity contribution is 0.355. The van der Waals surface area contributed by atoms with Crippen LogP contribution in [0.3, 0.4) is 0 Å². The van der Waals surface area contributed by atoms with Crippen LogP contribution in [0, 0.1) is 0 Å². The maximum atomic E-state index is 11.5. The molecule has 0 atom stereocenters. The second-order valence-corrected chi connectivity index (χ2v) is 4.01. The first kappa shape index (κ1) is 11.0. The first-order valence-corrected chi connectivity index (χ1v) is 5.26. The highest BCUT2D eigenvalue weighted by Crippen LogP contribution is 2.27. The monoisotopic (exact) mass is 253 g/mol. The van der Waals surface area contributed by atoms with Gasteiger partial charge in [0, 0.05) is 23.0 Å². The number of halogens is 2. The summed E-state index contributed by atoms with van der Waals surface area (Å²) in [6, 6.07) is 8.29. The number of nitrogens with zero attached hydrogens (tertiary/aromatic N) is 1. The van der Waals surface area contributed by atoms with Crippen LogP contribution in [0.4, 0.5) is 11.5 Å². The molecule has 1 radical (unpaired) electrons. The van der Waals surface area contributed by atoms with Crippen LogP contribution < -0.4 is 5.32 Å². The van der Waals surface area contributed by atoms with Crippen molar-refractivity contribution < 1.29 is 5.11 Å². The Morgan fingerprint density at radius 1 is 1.06 bits per heavy atom. The van der Waals surface area contributed by atoms with Gasteiger partial charge in [-0.25, -0.2) is 4.98 Å². The highest BCUT2D eigenvalue weighted by atomic mass is 35.5. The highest BCUT2D eigenvalue weighted by Gasteiger charge is 2.05. The molecule has 0 amide bonds. The van der Waals surface area contributed by atoms with Crippen LogP contribution in [0.15, 0.2) is 36.5 Å². The minimum Gasteiger partial charge on any atom is -0.337 e. The van der Waals surface area contributed by atoms with Crippen molar-refractivity contribution >= 4 is 34.7 Å². The first-order valence-electron chi connectivity index (χ1n) is 4.50. The maximum absolute atomic E-state index is 11.5. The summed E-state index contributed by atoms with van der Waals surface area (Å²) in [5, 5.41) is 15.3. The van der Waals surface area contributed by atoms with Gasteiger partial charge in [-0.15, -0.1) is 0 Å². The minimum absolute atomic E-state index is 0.242. The lowest BCUT2D eigenvalue weighted by atomic mass is 10.3. The van der Waals surface area contributed by atoms with Crippen molar-refractivity contribution in [1.29, 1.82) is 0 Å². The standard InChI is InChI=1S/C11H7Cl2N2O/c12-7-1-3-9(4-2-7)15-11-10(16)5-8(13)6-14-11/h1-6H,(H,14,15). The third kappa shape index (κ3) is 2.56. The molecule has 0 unspecified atom stereocenters. The van der Waals surface area contributed by atoms with Gasteiger partial charge < -0.3 is 5.32 Å². The molecule has 0 fully saturated rings. The van der Waals surface area contributed by atoms with Gasteiger partial charge in [-0.3, -0.25) is 5.11 Å². The Morgan fingerprint density at radius 3 is 2.38 bits per heavy atom. The average Bonchev–Trinajstić information content (AvgIpc) is 2.25. The molecule has 1 aromatic heterocycles. The molecule has 0 spiro atoms. The van der Waals surface area contributed by atoms with Crippen LogP contribution in [0.2, 0.25) is 10.0 Å². The molecule has 0 aliphatic heterocycles. The van der Waals surface area contributed by atoms with E-state index >= 15 is 0 Å². The van der Waals surface area contributed by atoms with Gasteiger partial charge in [-0.1, -0.05) is 23.2 Å². The molecule has 0 aliphatic rings. The molecule has 3 nitrogen and oxygen atoms in total. The fourth-order valence-electron chi connectivity index (χ4n) is 1.18. The Hall–Kier alpha value is -1.45. The van der Waals surface area contributed by atoms with Crippen LogP contribution in [0.25, 0.3) is 0 Å². The Bertz CT molecular complexity index is 500. The lowest BCUT2D eigenvalue weighted by Gasteiger charge is -2.05. The van der Waals surface area contributed by atoms with Crippen LogP contribution in [-0.4, -0.2) is 4.98 Å². The van der Waals surface area contributed by atoms with Gasteiger partial charge in [0.05, 0.1) is 5.02 Å². The number of benzene rings is 1. The van der Waals surface area contributed by atoms with Gasteiger partial charge in [0.15, 0.2) is 5.82 Å². The van der Waals surface area contributed by atoms with Crippen molar-refractivity contribution in [3.05, 3.63) is 46.6 Å². The van der Waals surface area contributed by atoms with Crippen molar-refractivity contribution in [2.75, 3.05) is 5.32 Å². The van der Waals surface area contributed by atoms with Gasteiger partial charge >= 0.3 is 0 Å². The predicted octanol–water partition coefficient (Wildman–Crippen LogP) is 4.28. The summed E-state index contributed by atoms with van der Waals surface area (Å²) in [6.07, 6.45) is 1.42. The summed E-state index contributed by atoms with van der Waals surface area (Å²) in [6.45, 7) is 0. The summed E-state index contributed by atoms with van der Waals surface area (Å²) < 4.78 is 0. The van der Waals surface area contributed by atoms with Crippen molar-refractivity contribution in [3.63, 3.8) is 0 Å². The predicted molar refractivity (Wildman–Crippen MR) is 64.1 cm³/mol. The van der Waals surface area contributed by atoms with E-state index in [9.17, 15) is 5.11 Å². The molecule has 1 N–H and O–H groups in total.